The Morgan fingerprint density at radius 2 is 1.94 bits per heavy atom. The molecule has 4 aromatic rings. The molecule has 7 nitrogen and oxygen atoms in total. The largest absolute Gasteiger partial charge is 0.494 e. The first kappa shape index (κ1) is 22.1. The van der Waals surface area contributed by atoms with Gasteiger partial charge in [0.15, 0.2) is 5.82 Å². The topological polar surface area (TPSA) is 103 Å². The van der Waals surface area contributed by atoms with Gasteiger partial charge in [-0.3, -0.25) is 9.78 Å². The number of primary amides is 1. The molecule has 4 rings (SSSR count). The number of hydrogen-bond donors (Lipinski definition) is 2. The molecule has 2 aromatic heterocycles. The smallest absolute Gasteiger partial charge is 0.217 e. The van der Waals surface area contributed by atoms with E-state index in [-0.39, 0.29) is 11.7 Å². The van der Waals surface area contributed by atoms with Crippen molar-refractivity contribution in [2.24, 2.45) is 5.73 Å². The van der Waals surface area contributed by atoms with Gasteiger partial charge in [-0.15, -0.1) is 0 Å². The van der Waals surface area contributed by atoms with Crippen LogP contribution in [0.15, 0.2) is 60.9 Å². The van der Waals surface area contributed by atoms with Gasteiger partial charge in [0, 0.05) is 41.9 Å². The average Bonchev–Trinajstić information content (AvgIpc) is 2.83. The minimum Gasteiger partial charge on any atom is -0.494 e. The molecule has 0 bridgehead atoms. The van der Waals surface area contributed by atoms with Crippen LogP contribution >= 0.6 is 0 Å². The van der Waals surface area contributed by atoms with Gasteiger partial charge in [0.1, 0.15) is 22.9 Å². The molecule has 0 aliphatic rings. The molecule has 33 heavy (non-hydrogen) atoms. The monoisotopic (exact) mass is 445 g/mol. The van der Waals surface area contributed by atoms with Gasteiger partial charge >= 0.3 is 0 Å². The van der Waals surface area contributed by atoms with Crippen molar-refractivity contribution in [3.05, 3.63) is 66.7 Å². The van der Waals surface area contributed by atoms with Crippen LogP contribution in [0.1, 0.15) is 19.3 Å². The first-order chi connectivity index (χ1) is 16.1. The van der Waals surface area contributed by atoms with E-state index >= 15 is 0 Å². The number of ether oxygens (including phenoxy) is 1. The van der Waals surface area contributed by atoms with Gasteiger partial charge in [0.2, 0.25) is 5.91 Å². The molecule has 2 aromatic carbocycles. The number of methoxy groups -OCH3 is 1. The molecule has 1 amide bonds. The summed E-state index contributed by atoms with van der Waals surface area (Å²) in [6.07, 6.45) is 5.12. The fourth-order valence-electron chi connectivity index (χ4n) is 3.60. The number of unbranched alkanes of at least 4 members (excludes halogenated alkanes) is 1. The Labute approximate surface area is 190 Å². The molecule has 0 saturated heterocycles. The van der Waals surface area contributed by atoms with Crippen LogP contribution in [0.2, 0.25) is 0 Å². The number of carbonyl (C=O) groups excluding carboxylic acids is 1. The van der Waals surface area contributed by atoms with Crippen molar-refractivity contribution in [3.8, 4) is 28.3 Å². The number of rotatable bonds is 9. The predicted molar refractivity (Wildman–Crippen MR) is 126 cm³/mol. The Bertz CT molecular complexity index is 1280. The van der Waals surface area contributed by atoms with Crippen LogP contribution in [-0.2, 0) is 4.79 Å². The van der Waals surface area contributed by atoms with Crippen LogP contribution in [0.25, 0.3) is 33.4 Å². The van der Waals surface area contributed by atoms with Gasteiger partial charge in [-0.2, -0.15) is 0 Å². The lowest BCUT2D eigenvalue weighted by atomic mass is 10.0. The Morgan fingerprint density at radius 3 is 2.67 bits per heavy atom. The maximum Gasteiger partial charge on any atom is 0.217 e. The first-order valence-corrected chi connectivity index (χ1v) is 10.6. The quantitative estimate of drug-likeness (QED) is 0.366. The Morgan fingerprint density at radius 1 is 1.09 bits per heavy atom. The molecule has 168 valence electrons. The summed E-state index contributed by atoms with van der Waals surface area (Å²) in [6, 6.07) is 13.9. The summed E-state index contributed by atoms with van der Waals surface area (Å²) in [5.74, 6) is 0.949. The minimum absolute atomic E-state index is 0.319. The third-order valence-corrected chi connectivity index (χ3v) is 5.23. The lowest BCUT2D eigenvalue weighted by Gasteiger charge is -2.15. The molecular formula is C25H24FN5O2. The summed E-state index contributed by atoms with van der Waals surface area (Å²) < 4.78 is 20.2. The molecule has 0 fully saturated rings. The molecule has 0 aliphatic carbocycles. The molecule has 0 radical (unpaired) electrons. The number of amides is 1. The number of benzene rings is 2. The number of anilines is 1. The number of nitrogens with zero attached hydrogens (tertiary/aromatic N) is 3. The number of pyridine rings is 1. The molecule has 0 spiro atoms. The Hall–Kier alpha value is -4.07. The van der Waals surface area contributed by atoms with Crippen LogP contribution in [-0.4, -0.2) is 34.5 Å². The van der Waals surface area contributed by atoms with E-state index in [9.17, 15) is 9.18 Å². The van der Waals surface area contributed by atoms with Crippen LogP contribution in [0.4, 0.5) is 10.2 Å². The van der Waals surface area contributed by atoms with Crippen molar-refractivity contribution in [1.29, 1.82) is 0 Å². The van der Waals surface area contributed by atoms with E-state index in [0.717, 1.165) is 12.0 Å². The summed E-state index contributed by atoms with van der Waals surface area (Å²) in [7, 11) is 1.56. The van der Waals surface area contributed by atoms with E-state index in [4.69, 9.17) is 20.4 Å². The zero-order valence-corrected chi connectivity index (χ0v) is 18.2. The van der Waals surface area contributed by atoms with Crippen molar-refractivity contribution in [1.82, 2.24) is 15.0 Å². The van der Waals surface area contributed by atoms with Crippen LogP contribution < -0.4 is 15.8 Å². The third kappa shape index (κ3) is 5.06. The normalized spacial score (nSPS) is 10.8. The third-order valence-electron chi connectivity index (χ3n) is 5.23. The van der Waals surface area contributed by atoms with Crippen molar-refractivity contribution < 1.29 is 13.9 Å². The molecule has 2 heterocycles. The van der Waals surface area contributed by atoms with E-state index in [1.165, 1.54) is 6.07 Å². The Balaban J connectivity index is 1.82. The zero-order valence-electron chi connectivity index (χ0n) is 18.2. The van der Waals surface area contributed by atoms with Crippen LogP contribution in [0.5, 0.6) is 5.75 Å². The average molecular weight is 445 g/mol. The van der Waals surface area contributed by atoms with E-state index in [1.54, 1.807) is 43.8 Å². The number of nitrogens with one attached hydrogen (secondary N) is 1. The van der Waals surface area contributed by atoms with E-state index in [2.05, 4.69) is 10.3 Å². The van der Waals surface area contributed by atoms with Gasteiger partial charge in [-0.1, -0.05) is 18.2 Å². The molecule has 0 aliphatic heterocycles. The number of carbonyl (C=O) groups is 1. The molecule has 0 unspecified atom stereocenters. The van der Waals surface area contributed by atoms with Crippen molar-refractivity contribution in [2.45, 2.75) is 19.3 Å². The maximum atomic E-state index is 14.5. The lowest BCUT2D eigenvalue weighted by molar-refractivity contribution is -0.118. The lowest BCUT2D eigenvalue weighted by Crippen LogP contribution is -2.11. The van der Waals surface area contributed by atoms with Gasteiger partial charge in [-0.25, -0.2) is 14.4 Å². The second-order valence-corrected chi connectivity index (χ2v) is 7.54. The standard InChI is InChI=1S/C25H24FN5O2/c1-33-21-14-17(18-8-2-3-9-20(18)26)13-19-23(21)30-24(16-7-6-11-28-15-16)31-25(19)29-12-5-4-10-22(27)32/h2-3,6-9,11,13-15H,4-5,10,12H2,1H3,(H2,27,32)(H,29,30,31). The van der Waals surface area contributed by atoms with E-state index in [1.807, 2.05) is 18.2 Å². The zero-order chi connectivity index (χ0) is 23.2. The Kier molecular flexibility index (Phi) is 6.73. The highest BCUT2D eigenvalue weighted by atomic mass is 19.1. The number of halogens is 1. The minimum atomic E-state index is -0.326. The highest BCUT2D eigenvalue weighted by molar-refractivity contribution is 5.98. The molecule has 0 atom stereocenters. The number of hydrogen-bond acceptors (Lipinski definition) is 6. The fraction of sp³-hybridized carbons (Fsp3) is 0.200. The van der Waals surface area contributed by atoms with Gasteiger partial charge < -0.3 is 15.8 Å². The van der Waals surface area contributed by atoms with Crippen molar-refractivity contribution in [2.75, 3.05) is 19.0 Å². The maximum absolute atomic E-state index is 14.5. The predicted octanol–water partition coefficient (Wildman–Crippen LogP) is 4.57. The van der Waals surface area contributed by atoms with E-state index in [0.29, 0.717) is 58.8 Å². The highest BCUT2D eigenvalue weighted by Gasteiger charge is 2.16. The fourth-order valence-corrected chi connectivity index (χ4v) is 3.60. The summed E-state index contributed by atoms with van der Waals surface area (Å²) in [5, 5.41) is 4.05. The second-order valence-electron chi connectivity index (χ2n) is 7.54. The van der Waals surface area contributed by atoms with Crippen molar-refractivity contribution >= 4 is 22.6 Å². The summed E-state index contributed by atoms with van der Waals surface area (Å²) in [5.41, 5.74) is 7.71. The SMILES string of the molecule is COc1cc(-c2ccccc2F)cc2c(NCCCCC(N)=O)nc(-c3cccnc3)nc12. The number of fused-ring (bicyclic) bond motifs is 1. The first-order valence-electron chi connectivity index (χ1n) is 10.6. The van der Waals surface area contributed by atoms with Crippen LogP contribution in [0.3, 0.4) is 0 Å². The highest BCUT2D eigenvalue weighted by Crippen LogP contribution is 2.36. The van der Waals surface area contributed by atoms with E-state index < -0.39 is 0 Å². The van der Waals surface area contributed by atoms with Gasteiger partial charge in [0.05, 0.1) is 7.11 Å². The summed E-state index contributed by atoms with van der Waals surface area (Å²) >= 11 is 0. The summed E-state index contributed by atoms with van der Waals surface area (Å²) in [4.78, 5) is 24.6. The molecule has 8 heteroatoms. The number of nitrogens with two attached hydrogens (primary N) is 1. The number of aromatic nitrogens is 3. The second kappa shape index (κ2) is 10.0. The molecule has 0 saturated carbocycles. The van der Waals surface area contributed by atoms with Gasteiger partial charge in [-0.05, 0) is 48.7 Å². The van der Waals surface area contributed by atoms with Crippen LogP contribution in [0, 0.1) is 5.82 Å². The molecule has 3 N–H and O–H groups in total. The summed E-state index contributed by atoms with van der Waals surface area (Å²) in [6.45, 7) is 0.581. The van der Waals surface area contributed by atoms with Gasteiger partial charge in [0.25, 0.3) is 0 Å². The van der Waals surface area contributed by atoms with Crippen molar-refractivity contribution in [3.63, 3.8) is 0 Å². The molecular weight excluding hydrogens is 421 g/mol.